The van der Waals surface area contributed by atoms with Gasteiger partial charge in [-0.1, -0.05) is 29.8 Å². The SMILES string of the molecule is CC1=NN(C(=O)c2cccc(O)c2)[C@@](O)(c2ccc(Cl)cc2)C1. The third-order valence-corrected chi connectivity index (χ3v) is 3.97. The Bertz CT molecular complexity index is 789. The molecule has 5 nitrogen and oxygen atoms in total. The van der Waals surface area contributed by atoms with Crippen LogP contribution in [0.2, 0.25) is 5.02 Å². The van der Waals surface area contributed by atoms with Crippen LogP contribution >= 0.6 is 11.6 Å². The summed E-state index contributed by atoms with van der Waals surface area (Å²) in [4.78, 5) is 12.7. The fourth-order valence-electron chi connectivity index (χ4n) is 2.64. The molecule has 23 heavy (non-hydrogen) atoms. The van der Waals surface area contributed by atoms with Gasteiger partial charge in [-0.2, -0.15) is 10.1 Å². The van der Waals surface area contributed by atoms with Crippen LogP contribution in [-0.2, 0) is 5.72 Å². The average molecular weight is 331 g/mol. The zero-order valence-electron chi connectivity index (χ0n) is 12.4. The summed E-state index contributed by atoms with van der Waals surface area (Å²) in [6.07, 6.45) is 0.208. The lowest BCUT2D eigenvalue weighted by Crippen LogP contribution is -2.43. The Hall–Kier alpha value is -2.37. The predicted octanol–water partition coefficient (Wildman–Crippen LogP) is 3.11. The second-order valence-corrected chi connectivity index (χ2v) is 5.94. The number of phenols is 1. The lowest BCUT2D eigenvalue weighted by atomic mass is 9.97. The second kappa shape index (κ2) is 5.68. The van der Waals surface area contributed by atoms with Gasteiger partial charge in [-0.3, -0.25) is 4.79 Å². The number of halogens is 1. The summed E-state index contributed by atoms with van der Waals surface area (Å²) < 4.78 is 0. The van der Waals surface area contributed by atoms with Crippen LogP contribution < -0.4 is 0 Å². The summed E-state index contributed by atoms with van der Waals surface area (Å²) in [6.45, 7) is 1.75. The standard InChI is InChI=1S/C17H15ClN2O3/c1-11-10-17(23,13-5-7-14(18)8-6-13)20(19-11)16(22)12-3-2-4-15(21)9-12/h2-9,21,23H,10H2,1H3/t17-/m0/s1. The molecule has 1 atom stereocenters. The monoisotopic (exact) mass is 330 g/mol. The number of aliphatic hydroxyl groups is 1. The van der Waals surface area contributed by atoms with Crippen LogP contribution in [0.15, 0.2) is 53.6 Å². The molecule has 2 N–H and O–H groups in total. The van der Waals surface area contributed by atoms with Crippen LogP contribution in [-0.4, -0.2) is 26.8 Å². The molecule has 118 valence electrons. The lowest BCUT2D eigenvalue weighted by Gasteiger charge is -2.31. The van der Waals surface area contributed by atoms with E-state index in [-0.39, 0.29) is 17.7 Å². The third-order valence-electron chi connectivity index (χ3n) is 3.72. The molecule has 1 heterocycles. The molecule has 0 saturated heterocycles. The minimum absolute atomic E-state index is 0.0224. The molecule has 1 aliphatic rings. The van der Waals surface area contributed by atoms with E-state index in [0.29, 0.717) is 16.3 Å². The van der Waals surface area contributed by atoms with Crippen molar-refractivity contribution in [3.8, 4) is 5.75 Å². The fourth-order valence-corrected chi connectivity index (χ4v) is 2.76. The highest BCUT2D eigenvalue weighted by Crippen LogP contribution is 2.37. The molecule has 0 aromatic heterocycles. The minimum Gasteiger partial charge on any atom is -0.508 e. The summed E-state index contributed by atoms with van der Waals surface area (Å²) in [5, 5.41) is 26.4. The van der Waals surface area contributed by atoms with Gasteiger partial charge in [0.15, 0.2) is 5.72 Å². The molecule has 6 heteroatoms. The molecule has 0 radical (unpaired) electrons. The first-order chi connectivity index (χ1) is 10.9. The number of carbonyl (C=O) groups is 1. The first-order valence-corrected chi connectivity index (χ1v) is 7.44. The molecule has 0 fully saturated rings. The third kappa shape index (κ3) is 2.81. The van der Waals surface area contributed by atoms with Gasteiger partial charge in [0.1, 0.15) is 5.75 Å². The number of carbonyl (C=O) groups excluding carboxylic acids is 1. The Labute approximate surface area is 138 Å². The zero-order valence-corrected chi connectivity index (χ0v) is 13.2. The molecule has 3 rings (SSSR count). The van der Waals surface area contributed by atoms with Crippen molar-refractivity contribution in [1.29, 1.82) is 0 Å². The molecule has 1 amide bonds. The topological polar surface area (TPSA) is 73.1 Å². The first kappa shape index (κ1) is 15.5. The summed E-state index contributed by atoms with van der Waals surface area (Å²) in [7, 11) is 0. The summed E-state index contributed by atoms with van der Waals surface area (Å²) in [5.41, 5.74) is -0.167. The van der Waals surface area contributed by atoms with Crippen molar-refractivity contribution in [3.63, 3.8) is 0 Å². The largest absolute Gasteiger partial charge is 0.508 e. The molecule has 2 aromatic rings. The number of rotatable bonds is 2. The van der Waals surface area contributed by atoms with E-state index in [2.05, 4.69) is 5.10 Å². The number of phenolic OH excluding ortho intramolecular Hbond substituents is 1. The van der Waals surface area contributed by atoms with Gasteiger partial charge in [0.25, 0.3) is 5.91 Å². The number of hydrogen-bond acceptors (Lipinski definition) is 4. The Kier molecular flexibility index (Phi) is 3.83. The Morgan fingerprint density at radius 3 is 2.61 bits per heavy atom. The number of amides is 1. The maximum Gasteiger partial charge on any atom is 0.277 e. The van der Waals surface area contributed by atoms with E-state index in [0.717, 1.165) is 5.01 Å². The molecule has 1 aliphatic heterocycles. The smallest absolute Gasteiger partial charge is 0.277 e. The second-order valence-electron chi connectivity index (χ2n) is 5.50. The number of nitrogens with zero attached hydrogens (tertiary/aromatic N) is 2. The van der Waals surface area contributed by atoms with Crippen LogP contribution in [0.3, 0.4) is 0 Å². The summed E-state index contributed by atoms with van der Waals surface area (Å²) in [5.74, 6) is -0.513. The van der Waals surface area contributed by atoms with Crippen molar-refractivity contribution in [1.82, 2.24) is 5.01 Å². The molecule has 2 aromatic carbocycles. The molecular formula is C17H15ClN2O3. The van der Waals surface area contributed by atoms with Crippen LogP contribution in [0.4, 0.5) is 0 Å². The number of hydrazone groups is 1. The van der Waals surface area contributed by atoms with E-state index >= 15 is 0 Å². The Morgan fingerprint density at radius 1 is 1.26 bits per heavy atom. The van der Waals surface area contributed by atoms with Gasteiger partial charge in [0, 0.05) is 28.3 Å². The Balaban J connectivity index is 2.01. The molecule has 0 unspecified atom stereocenters. The van der Waals surface area contributed by atoms with E-state index in [1.54, 1.807) is 43.3 Å². The van der Waals surface area contributed by atoms with Gasteiger partial charge in [-0.05, 0) is 37.3 Å². The maximum absolute atomic E-state index is 12.7. The van der Waals surface area contributed by atoms with Gasteiger partial charge in [0.05, 0.1) is 0 Å². The highest BCUT2D eigenvalue weighted by Gasteiger charge is 2.45. The van der Waals surface area contributed by atoms with E-state index in [1.807, 2.05) is 0 Å². The van der Waals surface area contributed by atoms with Crippen LogP contribution in [0.5, 0.6) is 5.75 Å². The highest BCUT2D eigenvalue weighted by molar-refractivity contribution is 6.30. The lowest BCUT2D eigenvalue weighted by molar-refractivity contribution is -0.0765. The molecule has 0 saturated carbocycles. The zero-order chi connectivity index (χ0) is 16.6. The highest BCUT2D eigenvalue weighted by atomic mass is 35.5. The molecule has 0 spiro atoms. The number of hydrogen-bond donors (Lipinski definition) is 2. The van der Waals surface area contributed by atoms with Gasteiger partial charge < -0.3 is 10.2 Å². The minimum atomic E-state index is -1.57. The van der Waals surface area contributed by atoms with Crippen molar-refractivity contribution < 1.29 is 15.0 Å². The van der Waals surface area contributed by atoms with Gasteiger partial charge >= 0.3 is 0 Å². The van der Waals surface area contributed by atoms with Crippen molar-refractivity contribution in [2.75, 3.05) is 0 Å². The van der Waals surface area contributed by atoms with E-state index in [4.69, 9.17) is 11.6 Å². The van der Waals surface area contributed by atoms with Crippen molar-refractivity contribution in [3.05, 3.63) is 64.7 Å². The predicted molar refractivity (Wildman–Crippen MR) is 87.4 cm³/mol. The van der Waals surface area contributed by atoms with E-state index in [1.165, 1.54) is 12.1 Å². The van der Waals surface area contributed by atoms with Crippen LogP contribution in [0.25, 0.3) is 0 Å². The van der Waals surface area contributed by atoms with Crippen LogP contribution in [0.1, 0.15) is 29.3 Å². The first-order valence-electron chi connectivity index (χ1n) is 7.06. The molecule has 0 aliphatic carbocycles. The Morgan fingerprint density at radius 2 is 1.96 bits per heavy atom. The fraction of sp³-hybridized carbons (Fsp3) is 0.176. The normalized spacial score (nSPS) is 20.5. The number of aromatic hydroxyl groups is 1. The summed E-state index contributed by atoms with van der Waals surface area (Å²) >= 11 is 5.89. The van der Waals surface area contributed by atoms with Gasteiger partial charge in [0.2, 0.25) is 0 Å². The quantitative estimate of drug-likeness (QED) is 0.888. The van der Waals surface area contributed by atoms with E-state index < -0.39 is 11.6 Å². The van der Waals surface area contributed by atoms with E-state index in [9.17, 15) is 15.0 Å². The summed E-state index contributed by atoms with van der Waals surface area (Å²) in [6, 6.07) is 12.6. The van der Waals surface area contributed by atoms with Crippen molar-refractivity contribution in [2.24, 2.45) is 5.10 Å². The molecule has 0 bridgehead atoms. The van der Waals surface area contributed by atoms with Crippen molar-refractivity contribution >= 4 is 23.2 Å². The molecular weight excluding hydrogens is 316 g/mol. The number of benzene rings is 2. The average Bonchev–Trinajstić information content (AvgIpc) is 2.83. The van der Waals surface area contributed by atoms with Crippen molar-refractivity contribution in [2.45, 2.75) is 19.1 Å². The van der Waals surface area contributed by atoms with Crippen LogP contribution in [0, 0.1) is 0 Å². The van der Waals surface area contributed by atoms with Gasteiger partial charge in [-0.15, -0.1) is 0 Å². The maximum atomic E-state index is 12.7. The van der Waals surface area contributed by atoms with Gasteiger partial charge in [-0.25, -0.2) is 0 Å².